The second-order valence-electron chi connectivity index (χ2n) is 4.65. The molecule has 0 spiro atoms. The Morgan fingerprint density at radius 2 is 2.10 bits per heavy atom. The molecule has 0 bridgehead atoms. The van der Waals surface area contributed by atoms with E-state index in [2.05, 4.69) is 4.98 Å². The normalized spacial score (nSPS) is 11.2. The lowest BCUT2D eigenvalue weighted by atomic mass is 10.2. The number of aromatic nitrogens is 2. The summed E-state index contributed by atoms with van der Waals surface area (Å²) in [5.41, 5.74) is 0.655. The number of nitrogens with zero attached hydrogens (tertiary/aromatic N) is 1. The smallest absolute Gasteiger partial charge is 0.268 e. The number of rotatable bonds is 1. The minimum atomic E-state index is -0.590. The number of thiophene rings is 1. The van der Waals surface area contributed by atoms with Crippen molar-refractivity contribution in [2.75, 3.05) is 0 Å². The van der Waals surface area contributed by atoms with E-state index in [4.69, 9.17) is 23.8 Å². The third-order valence-electron chi connectivity index (χ3n) is 3.38. The van der Waals surface area contributed by atoms with E-state index in [9.17, 15) is 9.18 Å². The Kier molecular flexibility index (Phi) is 3.47. The maximum absolute atomic E-state index is 14.1. The fraction of sp³-hybridized carbons (Fsp3) is 0.143. The monoisotopic (exact) mass is 340 g/mol. The number of halogens is 2. The highest BCUT2D eigenvalue weighted by Crippen LogP contribution is 2.27. The lowest BCUT2D eigenvalue weighted by Gasteiger charge is -2.08. The Balaban J connectivity index is 2.46. The summed E-state index contributed by atoms with van der Waals surface area (Å²) < 4.78 is 15.4. The fourth-order valence-corrected chi connectivity index (χ4v) is 3.77. The standard InChI is InChI=1S/C14H10ClFN2OS2/c1-6-7(2)21-12-11(6)13(19)18(14(20)17-12)10-4-3-8(15)5-9(10)16/h3-5H,1-2H3,(H,17,20). The Morgan fingerprint density at radius 3 is 2.76 bits per heavy atom. The molecule has 3 aromatic rings. The summed E-state index contributed by atoms with van der Waals surface area (Å²) in [6.07, 6.45) is 0. The molecule has 0 unspecified atom stereocenters. The molecule has 0 saturated carbocycles. The lowest BCUT2D eigenvalue weighted by molar-refractivity contribution is 0.615. The molecule has 0 radical (unpaired) electrons. The van der Waals surface area contributed by atoms with E-state index in [1.165, 1.54) is 28.0 Å². The van der Waals surface area contributed by atoms with E-state index >= 15 is 0 Å². The number of aryl methyl sites for hydroxylation is 2. The van der Waals surface area contributed by atoms with Crippen LogP contribution in [0.3, 0.4) is 0 Å². The molecule has 0 aliphatic rings. The molecule has 3 rings (SSSR count). The molecular weight excluding hydrogens is 331 g/mol. The van der Waals surface area contributed by atoms with Gasteiger partial charge in [-0.1, -0.05) is 11.6 Å². The van der Waals surface area contributed by atoms with Crippen LogP contribution < -0.4 is 5.56 Å². The molecule has 0 amide bonds. The van der Waals surface area contributed by atoms with E-state index in [0.717, 1.165) is 16.5 Å². The molecule has 0 atom stereocenters. The zero-order chi connectivity index (χ0) is 15.3. The molecule has 2 aromatic heterocycles. The first-order valence-corrected chi connectivity index (χ1v) is 7.71. The van der Waals surface area contributed by atoms with Gasteiger partial charge in [0.25, 0.3) is 5.56 Å². The molecule has 108 valence electrons. The number of hydrogen-bond donors (Lipinski definition) is 1. The van der Waals surface area contributed by atoms with Crippen molar-refractivity contribution in [3.63, 3.8) is 0 Å². The Bertz CT molecular complexity index is 987. The third-order valence-corrected chi connectivity index (χ3v) is 5.02. The van der Waals surface area contributed by atoms with E-state index in [1.54, 1.807) is 0 Å². The maximum atomic E-state index is 14.1. The Hall–Kier alpha value is -1.50. The van der Waals surface area contributed by atoms with Crippen molar-refractivity contribution < 1.29 is 4.39 Å². The number of H-pyrrole nitrogens is 1. The van der Waals surface area contributed by atoms with Gasteiger partial charge >= 0.3 is 0 Å². The van der Waals surface area contributed by atoms with E-state index < -0.39 is 5.82 Å². The van der Waals surface area contributed by atoms with E-state index in [0.29, 0.717) is 10.2 Å². The summed E-state index contributed by atoms with van der Waals surface area (Å²) in [5, 5.41) is 0.809. The predicted octanol–water partition coefficient (Wildman–Crippen LogP) is 4.52. The number of fused-ring (bicyclic) bond motifs is 1. The van der Waals surface area contributed by atoms with Crippen molar-refractivity contribution in [3.8, 4) is 5.69 Å². The highest BCUT2D eigenvalue weighted by molar-refractivity contribution is 7.71. The minimum absolute atomic E-state index is 0.0933. The lowest BCUT2D eigenvalue weighted by Crippen LogP contribution is -2.21. The van der Waals surface area contributed by atoms with Gasteiger partial charge in [-0.3, -0.25) is 4.79 Å². The van der Waals surface area contributed by atoms with Crippen LogP contribution in [0.25, 0.3) is 15.9 Å². The van der Waals surface area contributed by atoms with Gasteiger partial charge in [-0.25, -0.2) is 8.96 Å². The molecule has 2 heterocycles. The van der Waals surface area contributed by atoms with Crippen molar-refractivity contribution in [1.82, 2.24) is 9.55 Å². The molecule has 3 nitrogen and oxygen atoms in total. The molecule has 1 N–H and O–H groups in total. The molecule has 1 aromatic carbocycles. The number of aromatic amines is 1. The quantitative estimate of drug-likeness (QED) is 0.661. The molecule has 0 fully saturated rings. The number of benzene rings is 1. The largest absolute Gasteiger partial charge is 0.323 e. The summed E-state index contributed by atoms with van der Waals surface area (Å²) in [5.74, 6) is -0.590. The second-order valence-corrected chi connectivity index (χ2v) is 6.70. The van der Waals surface area contributed by atoms with Crippen molar-refractivity contribution >= 4 is 45.4 Å². The average Bonchev–Trinajstić information content (AvgIpc) is 2.67. The first kappa shape index (κ1) is 14.4. The SMILES string of the molecule is Cc1sc2[nH]c(=S)n(-c3ccc(Cl)cc3F)c(=O)c2c1C. The molecule has 0 saturated heterocycles. The van der Waals surface area contributed by atoms with E-state index in [1.807, 2.05) is 13.8 Å². The number of hydrogen-bond acceptors (Lipinski definition) is 3. The van der Waals surface area contributed by atoms with Gasteiger partial charge in [0.15, 0.2) is 4.77 Å². The van der Waals surface area contributed by atoms with Crippen molar-refractivity contribution in [2.45, 2.75) is 13.8 Å². The van der Waals surface area contributed by atoms with Crippen LogP contribution in [-0.4, -0.2) is 9.55 Å². The van der Waals surface area contributed by atoms with Gasteiger partial charge in [0, 0.05) is 9.90 Å². The highest BCUT2D eigenvalue weighted by atomic mass is 35.5. The van der Waals surface area contributed by atoms with Crippen LogP contribution in [0.1, 0.15) is 10.4 Å². The van der Waals surface area contributed by atoms with Gasteiger partial charge in [0.05, 0.1) is 11.1 Å². The van der Waals surface area contributed by atoms with Crippen LogP contribution in [0.15, 0.2) is 23.0 Å². The maximum Gasteiger partial charge on any atom is 0.268 e. The summed E-state index contributed by atoms with van der Waals surface area (Å²) in [7, 11) is 0. The summed E-state index contributed by atoms with van der Waals surface area (Å²) in [6, 6.07) is 4.13. The molecular formula is C14H10ClFN2OS2. The van der Waals surface area contributed by atoms with Crippen molar-refractivity contribution in [2.24, 2.45) is 0 Å². The molecule has 0 aliphatic heterocycles. The summed E-state index contributed by atoms with van der Waals surface area (Å²) >= 11 is 12.4. The predicted molar refractivity (Wildman–Crippen MR) is 87.0 cm³/mol. The molecule has 7 heteroatoms. The van der Waals surface area contributed by atoms with Gasteiger partial charge in [-0.15, -0.1) is 11.3 Å². The third kappa shape index (κ3) is 2.23. The van der Waals surface area contributed by atoms with Crippen molar-refractivity contribution in [1.29, 1.82) is 0 Å². The Morgan fingerprint density at radius 1 is 1.38 bits per heavy atom. The zero-order valence-corrected chi connectivity index (χ0v) is 13.5. The second kappa shape index (κ2) is 5.05. The van der Waals surface area contributed by atoms with Gasteiger partial charge in [0.2, 0.25) is 0 Å². The van der Waals surface area contributed by atoms with Crippen LogP contribution in [0.4, 0.5) is 4.39 Å². The summed E-state index contributed by atoms with van der Waals surface area (Å²) in [4.78, 5) is 17.4. The first-order chi connectivity index (χ1) is 9.90. The van der Waals surface area contributed by atoms with Gasteiger partial charge in [-0.05, 0) is 49.8 Å². The van der Waals surface area contributed by atoms with Gasteiger partial charge in [0.1, 0.15) is 10.6 Å². The van der Waals surface area contributed by atoms with Crippen LogP contribution in [0.2, 0.25) is 5.02 Å². The molecule has 21 heavy (non-hydrogen) atoms. The van der Waals surface area contributed by atoms with Crippen LogP contribution in [-0.2, 0) is 0 Å². The first-order valence-electron chi connectivity index (χ1n) is 6.10. The zero-order valence-electron chi connectivity index (χ0n) is 11.2. The van der Waals surface area contributed by atoms with E-state index in [-0.39, 0.29) is 21.0 Å². The highest BCUT2D eigenvalue weighted by Gasteiger charge is 2.15. The van der Waals surface area contributed by atoms with Crippen LogP contribution >= 0.6 is 35.2 Å². The Labute approximate surface area is 133 Å². The average molecular weight is 341 g/mol. The topological polar surface area (TPSA) is 37.8 Å². The number of nitrogens with one attached hydrogen (secondary N) is 1. The summed E-state index contributed by atoms with van der Waals surface area (Å²) in [6.45, 7) is 3.80. The molecule has 0 aliphatic carbocycles. The van der Waals surface area contributed by atoms with Gasteiger partial charge < -0.3 is 4.98 Å². The van der Waals surface area contributed by atoms with Crippen LogP contribution in [0.5, 0.6) is 0 Å². The fourth-order valence-electron chi connectivity index (χ4n) is 2.21. The van der Waals surface area contributed by atoms with Gasteiger partial charge in [-0.2, -0.15) is 0 Å². The minimum Gasteiger partial charge on any atom is -0.323 e. The van der Waals surface area contributed by atoms with Crippen molar-refractivity contribution in [3.05, 3.63) is 54.6 Å². The van der Waals surface area contributed by atoms with Crippen LogP contribution in [0, 0.1) is 24.4 Å².